The Kier molecular flexibility index (Phi) is 4.06. The molecule has 0 bridgehead atoms. The summed E-state index contributed by atoms with van der Waals surface area (Å²) >= 11 is 0. The highest BCUT2D eigenvalue weighted by atomic mass is 16.2. The Labute approximate surface area is 121 Å². The lowest BCUT2D eigenvalue weighted by Crippen LogP contribution is -2.48. The van der Waals surface area contributed by atoms with E-state index in [0.717, 1.165) is 32.5 Å². The topological polar surface area (TPSA) is 32.3 Å². The average Bonchev–Trinajstić information content (AvgIpc) is 3.29. The molecule has 1 aromatic carbocycles. The number of nitrogens with zero attached hydrogens (tertiary/aromatic N) is 1. The third-order valence-corrected chi connectivity index (χ3v) is 4.56. The van der Waals surface area contributed by atoms with E-state index in [1.165, 1.54) is 12.0 Å². The first kappa shape index (κ1) is 13.6. The molecule has 3 nitrogen and oxygen atoms in total. The number of piperidine rings is 1. The molecule has 3 rings (SSSR count). The lowest BCUT2D eigenvalue weighted by molar-refractivity contribution is -0.134. The normalized spacial score (nSPS) is 29.2. The molecule has 0 aromatic heterocycles. The summed E-state index contributed by atoms with van der Waals surface area (Å²) in [5, 5.41) is 3.48. The summed E-state index contributed by atoms with van der Waals surface area (Å²) in [6.07, 6.45) is 3.36. The molecule has 1 amide bonds. The van der Waals surface area contributed by atoms with Crippen LogP contribution in [0.3, 0.4) is 0 Å². The van der Waals surface area contributed by atoms with Crippen LogP contribution >= 0.6 is 0 Å². The van der Waals surface area contributed by atoms with Crippen LogP contribution in [0.5, 0.6) is 0 Å². The van der Waals surface area contributed by atoms with Crippen LogP contribution < -0.4 is 5.32 Å². The van der Waals surface area contributed by atoms with Crippen molar-refractivity contribution in [3.8, 4) is 0 Å². The summed E-state index contributed by atoms with van der Waals surface area (Å²) < 4.78 is 0. The maximum absolute atomic E-state index is 12.6. The molecule has 3 atom stereocenters. The van der Waals surface area contributed by atoms with E-state index in [0.29, 0.717) is 17.9 Å². The van der Waals surface area contributed by atoms with Gasteiger partial charge in [0.2, 0.25) is 5.91 Å². The smallest absolute Gasteiger partial charge is 0.226 e. The van der Waals surface area contributed by atoms with Gasteiger partial charge in [0.25, 0.3) is 0 Å². The van der Waals surface area contributed by atoms with Gasteiger partial charge in [-0.2, -0.15) is 0 Å². The van der Waals surface area contributed by atoms with Crippen LogP contribution in [0.2, 0.25) is 0 Å². The van der Waals surface area contributed by atoms with Crippen LogP contribution in [0, 0.1) is 5.92 Å². The second kappa shape index (κ2) is 5.96. The Morgan fingerprint density at radius 3 is 2.90 bits per heavy atom. The molecule has 3 heteroatoms. The van der Waals surface area contributed by atoms with Crippen LogP contribution in [0.25, 0.3) is 0 Å². The maximum Gasteiger partial charge on any atom is 0.226 e. The summed E-state index contributed by atoms with van der Waals surface area (Å²) in [6, 6.07) is 11.0. The van der Waals surface area contributed by atoms with Gasteiger partial charge in [-0.1, -0.05) is 37.3 Å². The fourth-order valence-corrected chi connectivity index (χ4v) is 3.40. The Morgan fingerprint density at radius 2 is 2.15 bits per heavy atom. The van der Waals surface area contributed by atoms with Crippen molar-refractivity contribution in [3.05, 3.63) is 35.9 Å². The molecule has 108 valence electrons. The second-order valence-corrected chi connectivity index (χ2v) is 6.04. The summed E-state index contributed by atoms with van der Waals surface area (Å²) in [4.78, 5) is 14.7. The van der Waals surface area contributed by atoms with Gasteiger partial charge in [-0.25, -0.2) is 0 Å². The van der Waals surface area contributed by atoms with E-state index in [9.17, 15) is 4.79 Å². The van der Waals surface area contributed by atoms with Gasteiger partial charge in [0, 0.05) is 25.0 Å². The number of hydrogen-bond donors (Lipinski definition) is 1. The number of hydrogen-bond acceptors (Lipinski definition) is 2. The van der Waals surface area contributed by atoms with Gasteiger partial charge in [0.05, 0.1) is 0 Å². The van der Waals surface area contributed by atoms with E-state index in [2.05, 4.69) is 41.4 Å². The molecule has 1 heterocycles. The van der Waals surface area contributed by atoms with E-state index in [1.807, 2.05) is 6.07 Å². The predicted molar refractivity (Wildman–Crippen MR) is 80.6 cm³/mol. The summed E-state index contributed by atoms with van der Waals surface area (Å²) in [5.41, 5.74) is 1.33. The SMILES string of the molecule is CCNC1CCCN(C(=O)C2CC2c2ccccc2)C1. The fourth-order valence-electron chi connectivity index (χ4n) is 3.40. The molecular weight excluding hydrogens is 248 g/mol. The molecule has 2 aliphatic rings. The average molecular weight is 272 g/mol. The van der Waals surface area contributed by atoms with Gasteiger partial charge in [0.15, 0.2) is 0 Å². The zero-order valence-electron chi connectivity index (χ0n) is 12.2. The molecule has 1 aliphatic heterocycles. The molecule has 1 saturated heterocycles. The number of rotatable bonds is 4. The van der Waals surface area contributed by atoms with Crippen LogP contribution in [0.1, 0.15) is 37.7 Å². The highest BCUT2D eigenvalue weighted by Crippen LogP contribution is 2.48. The van der Waals surface area contributed by atoms with Gasteiger partial charge in [-0.3, -0.25) is 4.79 Å². The van der Waals surface area contributed by atoms with Gasteiger partial charge in [0.1, 0.15) is 0 Å². The largest absolute Gasteiger partial charge is 0.341 e. The number of carbonyl (C=O) groups excluding carboxylic acids is 1. The summed E-state index contributed by atoms with van der Waals surface area (Å²) in [6.45, 7) is 4.96. The number of nitrogens with one attached hydrogen (secondary N) is 1. The number of carbonyl (C=O) groups is 1. The van der Waals surface area contributed by atoms with Crippen molar-refractivity contribution in [2.24, 2.45) is 5.92 Å². The quantitative estimate of drug-likeness (QED) is 0.913. The first-order valence-corrected chi connectivity index (χ1v) is 7.86. The van der Waals surface area contributed by atoms with Crippen molar-refractivity contribution in [1.29, 1.82) is 0 Å². The molecule has 1 saturated carbocycles. The zero-order chi connectivity index (χ0) is 13.9. The van der Waals surface area contributed by atoms with E-state index in [-0.39, 0.29) is 5.92 Å². The standard InChI is InChI=1S/C17H24N2O/c1-2-18-14-9-6-10-19(12-14)17(20)16-11-15(16)13-7-4-3-5-8-13/h3-5,7-8,14-16,18H,2,6,9-12H2,1H3. The van der Waals surface area contributed by atoms with Crippen molar-refractivity contribution in [3.63, 3.8) is 0 Å². The molecule has 2 fully saturated rings. The van der Waals surface area contributed by atoms with E-state index >= 15 is 0 Å². The van der Waals surface area contributed by atoms with Crippen LogP contribution in [-0.2, 0) is 4.79 Å². The predicted octanol–water partition coefficient (Wildman–Crippen LogP) is 2.39. The first-order valence-electron chi connectivity index (χ1n) is 7.86. The van der Waals surface area contributed by atoms with Crippen molar-refractivity contribution in [2.75, 3.05) is 19.6 Å². The van der Waals surface area contributed by atoms with Crippen molar-refractivity contribution in [1.82, 2.24) is 10.2 Å². The van der Waals surface area contributed by atoms with Crippen molar-refractivity contribution >= 4 is 5.91 Å². The van der Waals surface area contributed by atoms with E-state index in [1.54, 1.807) is 0 Å². The molecule has 0 spiro atoms. The molecule has 1 aliphatic carbocycles. The molecule has 1 aromatic rings. The minimum Gasteiger partial charge on any atom is -0.341 e. The first-order chi connectivity index (χ1) is 9.79. The lowest BCUT2D eigenvalue weighted by atomic mass is 10.0. The van der Waals surface area contributed by atoms with Crippen LogP contribution in [0.4, 0.5) is 0 Å². The number of likely N-dealkylation sites (N-methyl/N-ethyl adjacent to an activating group) is 1. The molecule has 0 radical (unpaired) electrons. The molecular formula is C17H24N2O. The molecule has 1 N–H and O–H groups in total. The second-order valence-electron chi connectivity index (χ2n) is 6.04. The van der Waals surface area contributed by atoms with E-state index in [4.69, 9.17) is 0 Å². The number of benzene rings is 1. The minimum atomic E-state index is 0.234. The Bertz CT molecular complexity index is 457. The summed E-state index contributed by atoms with van der Waals surface area (Å²) in [7, 11) is 0. The third-order valence-electron chi connectivity index (χ3n) is 4.56. The minimum absolute atomic E-state index is 0.234. The van der Waals surface area contributed by atoms with E-state index < -0.39 is 0 Å². The third kappa shape index (κ3) is 2.88. The van der Waals surface area contributed by atoms with Crippen molar-refractivity contribution in [2.45, 2.75) is 38.1 Å². The van der Waals surface area contributed by atoms with Gasteiger partial charge in [-0.05, 0) is 37.3 Å². The highest BCUT2D eigenvalue weighted by Gasteiger charge is 2.46. The number of amides is 1. The van der Waals surface area contributed by atoms with Crippen molar-refractivity contribution < 1.29 is 4.79 Å². The lowest BCUT2D eigenvalue weighted by Gasteiger charge is -2.33. The van der Waals surface area contributed by atoms with Gasteiger partial charge < -0.3 is 10.2 Å². The zero-order valence-corrected chi connectivity index (χ0v) is 12.2. The van der Waals surface area contributed by atoms with Crippen LogP contribution in [0.15, 0.2) is 30.3 Å². The van der Waals surface area contributed by atoms with Gasteiger partial charge >= 0.3 is 0 Å². The Balaban J connectivity index is 1.58. The Morgan fingerprint density at radius 1 is 1.35 bits per heavy atom. The fraction of sp³-hybridized carbons (Fsp3) is 0.588. The van der Waals surface area contributed by atoms with Crippen LogP contribution in [-0.4, -0.2) is 36.5 Å². The highest BCUT2D eigenvalue weighted by molar-refractivity contribution is 5.83. The summed E-state index contributed by atoms with van der Waals surface area (Å²) in [5.74, 6) is 1.07. The Hall–Kier alpha value is -1.35. The molecule has 20 heavy (non-hydrogen) atoms. The van der Waals surface area contributed by atoms with Gasteiger partial charge in [-0.15, -0.1) is 0 Å². The number of likely N-dealkylation sites (tertiary alicyclic amines) is 1. The maximum atomic E-state index is 12.6. The molecule has 3 unspecified atom stereocenters. The monoisotopic (exact) mass is 272 g/mol.